The van der Waals surface area contributed by atoms with Crippen LogP contribution in [0.25, 0.3) is 0 Å². The molecule has 0 saturated heterocycles. The summed E-state index contributed by atoms with van der Waals surface area (Å²) in [5, 5.41) is 24.1. The Labute approximate surface area is 110 Å². The molecule has 0 saturated carbocycles. The van der Waals surface area contributed by atoms with E-state index in [1.54, 1.807) is 0 Å². The van der Waals surface area contributed by atoms with Gasteiger partial charge in [-0.1, -0.05) is 24.3 Å². The molecule has 0 amide bonds. The molecular formula is C13H17NO5. The van der Waals surface area contributed by atoms with Gasteiger partial charge < -0.3 is 21.1 Å². The van der Waals surface area contributed by atoms with Crippen molar-refractivity contribution >= 4 is 11.9 Å². The lowest BCUT2D eigenvalue weighted by Crippen LogP contribution is -2.22. The van der Waals surface area contributed by atoms with Crippen molar-refractivity contribution < 1.29 is 24.9 Å². The number of aliphatic carboxylic acids is 2. The van der Waals surface area contributed by atoms with Crippen molar-refractivity contribution in [2.45, 2.75) is 31.4 Å². The van der Waals surface area contributed by atoms with Gasteiger partial charge in [-0.15, -0.1) is 0 Å². The van der Waals surface area contributed by atoms with Crippen molar-refractivity contribution in [3.8, 4) is 0 Å². The molecule has 6 nitrogen and oxygen atoms in total. The summed E-state index contributed by atoms with van der Waals surface area (Å²) < 4.78 is 0. The number of aryl methyl sites for hydroxylation is 1. The van der Waals surface area contributed by atoms with Crippen LogP contribution in [-0.2, 0) is 16.0 Å². The second kappa shape index (κ2) is 6.86. The van der Waals surface area contributed by atoms with Crippen LogP contribution in [0.15, 0.2) is 24.3 Å². The molecule has 19 heavy (non-hydrogen) atoms. The lowest BCUT2D eigenvalue weighted by atomic mass is 10.1. The summed E-state index contributed by atoms with van der Waals surface area (Å²) >= 11 is 0. The average molecular weight is 267 g/mol. The fourth-order valence-electron chi connectivity index (χ4n) is 1.84. The van der Waals surface area contributed by atoms with E-state index in [1.165, 1.54) is 11.1 Å². The molecule has 1 aromatic carbocycles. The molecule has 0 bridgehead atoms. The maximum atomic E-state index is 9.72. The highest BCUT2D eigenvalue weighted by Crippen LogP contribution is 2.28. The molecule has 0 radical (unpaired) electrons. The third-order valence-corrected chi connectivity index (χ3v) is 2.83. The molecule has 0 unspecified atom stereocenters. The number of aliphatic hydroxyl groups excluding tert-OH is 1. The third kappa shape index (κ3) is 4.69. The highest BCUT2D eigenvalue weighted by Gasteiger charge is 2.17. The molecule has 0 heterocycles. The van der Waals surface area contributed by atoms with Gasteiger partial charge in [-0.25, -0.2) is 4.79 Å². The minimum atomic E-state index is -1.79. The van der Waals surface area contributed by atoms with Crippen LogP contribution in [0.4, 0.5) is 0 Å². The van der Waals surface area contributed by atoms with Crippen LogP contribution in [0.1, 0.15) is 30.0 Å². The molecule has 6 heteroatoms. The fraction of sp³-hybridized carbons (Fsp3) is 0.385. The lowest BCUT2D eigenvalue weighted by Gasteiger charge is -2.01. The van der Waals surface area contributed by atoms with E-state index in [4.69, 9.17) is 21.1 Å². The first-order valence-corrected chi connectivity index (χ1v) is 5.88. The third-order valence-electron chi connectivity index (χ3n) is 2.83. The second-order valence-corrected chi connectivity index (χ2v) is 4.30. The Balaban J connectivity index is 0.000000192. The summed E-state index contributed by atoms with van der Waals surface area (Å²) in [6.07, 6.45) is -0.256. The first-order chi connectivity index (χ1) is 8.91. The Hall–Kier alpha value is -1.92. The number of rotatable bonds is 3. The zero-order chi connectivity index (χ0) is 14.4. The molecule has 5 N–H and O–H groups in total. The van der Waals surface area contributed by atoms with E-state index in [0.29, 0.717) is 6.04 Å². The Morgan fingerprint density at radius 2 is 1.95 bits per heavy atom. The number of nitrogens with two attached hydrogens (primary N) is 1. The predicted octanol–water partition coefficient (Wildman–Crippen LogP) is 0.539. The normalized spacial score (nSPS) is 17.9. The van der Waals surface area contributed by atoms with Crippen LogP contribution in [0.2, 0.25) is 0 Å². The molecule has 0 spiro atoms. The van der Waals surface area contributed by atoms with Crippen molar-refractivity contribution in [1.29, 1.82) is 0 Å². The maximum Gasteiger partial charge on any atom is 0.333 e. The summed E-state index contributed by atoms with van der Waals surface area (Å²) in [6, 6.07) is 8.74. The molecule has 0 aromatic heterocycles. The predicted molar refractivity (Wildman–Crippen MR) is 67.6 cm³/mol. The van der Waals surface area contributed by atoms with Gasteiger partial charge in [-0.2, -0.15) is 0 Å². The van der Waals surface area contributed by atoms with Gasteiger partial charge in [0.25, 0.3) is 0 Å². The van der Waals surface area contributed by atoms with Gasteiger partial charge in [0.2, 0.25) is 0 Å². The van der Waals surface area contributed by atoms with Gasteiger partial charge in [-0.05, 0) is 24.0 Å². The number of fused-ring (bicyclic) bond motifs is 1. The van der Waals surface area contributed by atoms with E-state index in [-0.39, 0.29) is 0 Å². The minimum Gasteiger partial charge on any atom is -0.481 e. The van der Waals surface area contributed by atoms with Crippen LogP contribution < -0.4 is 5.73 Å². The first-order valence-electron chi connectivity index (χ1n) is 5.88. The Kier molecular flexibility index (Phi) is 5.47. The molecule has 2 rings (SSSR count). The number of carboxylic acids is 2. The molecule has 1 aliphatic carbocycles. The highest BCUT2D eigenvalue weighted by molar-refractivity contribution is 5.79. The Morgan fingerprint density at radius 1 is 1.32 bits per heavy atom. The standard InChI is InChI=1S/C9H11N.C4H6O5/c10-9-6-5-7-3-1-2-4-8(7)9;5-2(4(8)9)1-3(6)7/h1-4,9H,5-6,10H2;2,5H,1H2,(H,6,7)(H,8,9)/t9-;2-/m10/s1. The van der Waals surface area contributed by atoms with E-state index in [2.05, 4.69) is 24.3 Å². The Bertz CT molecular complexity index is 460. The summed E-state index contributed by atoms with van der Waals surface area (Å²) in [7, 11) is 0. The van der Waals surface area contributed by atoms with Crippen LogP contribution in [0, 0.1) is 0 Å². The van der Waals surface area contributed by atoms with Crippen LogP contribution in [0.5, 0.6) is 0 Å². The minimum absolute atomic E-state index is 0.302. The number of hydrogen-bond acceptors (Lipinski definition) is 4. The monoisotopic (exact) mass is 267 g/mol. The summed E-state index contributed by atoms with van der Waals surface area (Å²) in [4.78, 5) is 19.4. The maximum absolute atomic E-state index is 9.72. The second-order valence-electron chi connectivity index (χ2n) is 4.30. The number of carbonyl (C=O) groups is 2. The van der Waals surface area contributed by atoms with Crippen LogP contribution >= 0.6 is 0 Å². The van der Waals surface area contributed by atoms with Crippen LogP contribution in [0.3, 0.4) is 0 Å². The van der Waals surface area contributed by atoms with Crippen molar-refractivity contribution in [3.05, 3.63) is 35.4 Å². The smallest absolute Gasteiger partial charge is 0.333 e. The average Bonchev–Trinajstić information content (AvgIpc) is 2.72. The molecule has 104 valence electrons. The quantitative estimate of drug-likeness (QED) is 0.634. The zero-order valence-corrected chi connectivity index (χ0v) is 10.3. The number of aliphatic hydroxyl groups is 1. The number of benzene rings is 1. The molecule has 0 aliphatic heterocycles. The molecule has 1 aliphatic rings. The Morgan fingerprint density at radius 3 is 2.42 bits per heavy atom. The van der Waals surface area contributed by atoms with Gasteiger partial charge in [0.05, 0.1) is 6.42 Å². The van der Waals surface area contributed by atoms with Crippen molar-refractivity contribution in [2.75, 3.05) is 0 Å². The topological polar surface area (TPSA) is 121 Å². The summed E-state index contributed by atoms with van der Waals surface area (Å²) in [5.74, 6) is -2.85. The largest absolute Gasteiger partial charge is 0.481 e. The zero-order valence-electron chi connectivity index (χ0n) is 10.3. The van der Waals surface area contributed by atoms with Crippen molar-refractivity contribution in [2.24, 2.45) is 5.73 Å². The molecule has 1 aromatic rings. The van der Waals surface area contributed by atoms with E-state index >= 15 is 0 Å². The van der Waals surface area contributed by atoms with E-state index in [0.717, 1.165) is 12.8 Å². The van der Waals surface area contributed by atoms with Gasteiger partial charge in [0, 0.05) is 6.04 Å². The number of carboxylic acid groups (broad SMARTS) is 2. The van der Waals surface area contributed by atoms with Crippen molar-refractivity contribution in [3.63, 3.8) is 0 Å². The lowest BCUT2D eigenvalue weighted by molar-refractivity contribution is -0.152. The first kappa shape index (κ1) is 15.1. The molecular weight excluding hydrogens is 250 g/mol. The number of hydrogen-bond donors (Lipinski definition) is 4. The van der Waals surface area contributed by atoms with Gasteiger partial charge in [0.15, 0.2) is 6.10 Å². The SMILES string of the molecule is N[C@@H]1CCc2ccccc21.O=C(O)C[C@H](O)C(=O)O. The van der Waals surface area contributed by atoms with Gasteiger partial charge >= 0.3 is 11.9 Å². The fourth-order valence-corrected chi connectivity index (χ4v) is 1.84. The van der Waals surface area contributed by atoms with Crippen LogP contribution in [-0.4, -0.2) is 33.4 Å². The summed E-state index contributed by atoms with van der Waals surface area (Å²) in [5.41, 5.74) is 8.64. The van der Waals surface area contributed by atoms with Gasteiger partial charge in [0.1, 0.15) is 0 Å². The summed E-state index contributed by atoms with van der Waals surface area (Å²) in [6.45, 7) is 0. The van der Waals surface area contributed by atoms with E-state index in [1.807, 2.05) is 0 Å². The molecule has 0 fully saturated rings. The van der Waals surface area contributed by atoms with E-state index in [9.17, 15) is 9.59 Å². The van der Waals surface area contributed by atoms with Crippen molar-refractivity contribution in [1.82, 2.24) is 0 Å². The molecule has 2 atom stereocenters. The van der Waals surface area contributed by atoms with Gasteiger partial charge in [-0.3, -0.25) is 4.79 Å². The van der Waals surface area contributed by atoms with E-state index < -0.39 is 24.5 Å². The highest BCUT2D eigenvalue weighted by atomic mass is 16.4.